The van der Waals surface area contributed by atoms with E-state index in [1.165, 1.54) is 11.1 Å². The van der Waals surface area contributed by atoms with Crippen molar-refractivity contribution >= 4 is 39.0 Å². The maximum absolute atomic E-state index is 14.6. The van der Waals surface area contributed by atoms with Crippen molar-refractivity contribution in [1.82, 2.24) is 4.72 Å². The van der Waals surface area contributed by atoms with Crippen molar-refractivity contribution < 1.29 is 32.7 Å². The third kappa shape index (κ3) is 7.08. The van der Waals surface area contributed by atoms with E-state index < -0.39 is 27.0 Å². The lowest BCUT2D eigenvalue weighted by atomic mass is 9.68. The van der Waals surface area contributed by atoms with Crippen LogP contribution in [-0.4, -0.2) is 80.1 Å². The minimum atomic E-state index is -3.56. The fraction of sp³-hybridized carbons (Fsp3) is 0.579. The molecule has 2 fully saturated rings. The molecule has 10 nitrogen and oxygen atoms in total. The predicted octanol–water partition coefficient (Wildman–Crippen LogP) is 5.89. The molecule has 1 unspecified atom stereocenters. The van der Waals surface area contributed by atoms with E-state index in [-0.39, 0.29) is 30.1 Å². The minimum Gasteiger partial charge on any atom is -0.490 e. The molecule has 1 saturated carbocycles. The van der Waals surface area contributed by atoms with Crippen LogP contribution in [-0.2, 0) is 40.8 Å². The molecule has 2 aromatic rings. The SMILES string of the molecule is CO[C@H]1/C=C\C[C@H](C)[C@@H](C)S(=O)(NC(=O)COC2COC2)=NC(=O)c2ccc3c(c2)N(C[C@@H]2CC[C@H]21)C[C@@]1(CCCc2cc(Cl)ccc21)CO3. The molecule has 50 heavy (non-hydrogen) atoms. The van der Waals surface area contributed by atoms with E-state index in [9.17, 15) is 13.8 Å². The highest BCUT2D eigenvalue weighted by molar-refractivity contribution is 7.93. The van der Waals surface area contributed by atoms with Crippen LogP contribution in [0.2, 0.25) is 5.02 Å². The summed E-state index contributed by atoms with van der Waals surface area (Å²) in [6.07, 6.45) is 9.69. The van der Waals surface area contributed by atoms with Gasteiger partial charge in [-0.1, -0.05) is 36.7 Å². The Morgan fingerprint density at radius 1 is 1.18 bits per heavy atom. The summed E-state index contributed by atoms with van der Waals surface area (Å²) in [6, 6.07) is 11.6. The van der Waals surface area contributed by atoms with Crippen LogP contribution >= 0.6 is 11.6 Å². The molecule has 270 valence electrons. The first-order valence-electron chi connectivity index (χ1n) is 17.9. The zero-order valence-corrected chi connectivity index (χ0v) is 30.7. The number of rotatable bonds is 5. The topological polar surface area (TPSA) is 116 Å². The first-order chi connectivity index (χ1) is 24.1. The molecule has 0 radical (unpaired) electrons. The van der Waals surface area contributed by atoms with Crippen LogP contribution in [0.15, 0.2) is 52.9 Å². The summed E-state index contributed by atoms with van der Waals surface area (Å²) >= 11 is 6.45. The summed E-state index contributed by atoms with van der Waals surface area (Å²) < 4.78 is 45.0. The minimum absolute atomic E-state index is 0.0624. The number of hydrogen-bond donors (Lipinski definition) is 1. The van der Waals surface area contributed by atoms with Gasteiger partial charge in [0.15, 0.2) is 0 Å². The molecule has 2 aromatic carbocycles. The zero-order chi connectivity index (χ0) is 35.0. The number of nitrogens with one attached hydrogen (secondary N) is 1. The molecule has 1 spiro atoms. The number of ether oxygens (including phenoxy) is 4. The number of carbonyl (C=O) groups is 2. The average molecular weight is 726 g/mol. The molecule has 3 heterocycles. The van der Waals surface area contributed by atoms with Gasteiger partial charge in [-0.05, 0) is 105 Å². The van der Waals surface area contributed by atoms with Crippen molar-refractivity contribution in [1.29, 1.82) is 0 Å². The van der Waals surface area contributed by atoms with Gasteiger partial charge in [-0.25, -0.2) is 4.21 Å². The van der Waals surface area contributed by atoms with E-state index in [0.717, 1.165) is 49.4 Å². The van der Waals surface area contributed by atoms with Gasteiger partial charge in [0.1, 0.15) is 28.4 Å². The normalized spacial score (nSPS) is 33.4. The van der Waals surface area contributed by atoms with Crippen LogP contribution in [0.4, 0.5) is 5.69 Å². The van der Waals surface area contributed by atoms with E-state index >= 15 is 0 Å². The van der Waals surface area contributed by atoms with E-state index in [0.29, 0.717) is 55.9 Å². The van der Waals surface area contributed by atoms with E-state index in [2.05, 4.69) is 38.3 Å². The highest BCUT2D eigenvalue weighted by atomic mass is 35.5. The maximum Gasteiger partial charge on any atom is 0.286 e. The Kier molecular flexibility index (Phi) is 10.3. The summed E-state index contributed by atoms with van der Waals surface area (Å²) in [5, 5.41) is 0.0984. The summed E-state index contributed by atoms with van der Waals surface area (Å²) in [5.74, 6) is 0.0240. The molecular formula is C38H48ClN3O7S. The molecule has 2 aliphatic carbocycles. The maximum atomic E-state index is 14.6. The van der Waals surface area contributed by atoms with Gasteiger partial charge in [0.25, 0.3) is 11.8 Å². The van der Waals surface area contributed by atoms with Gasteiger partial charge in [-0.3, -0.25) is 14.3 Å². The van der Waals surface area contributed by atoms with Crippen molar-refractivity contribution in [3.63, 3.8) is 0 Å². The van der Waals surface area contributed by atoms with E-state index in [1.54, 1.807) is 20.1 Å². The number of allylic oxidation sites excluding steroid dienone is 1. The van der Waals surface area contributed by atoms with Crippen molar-refractivity contribution in [2.75, 3.05) is 51.5 Å². The van der Waals surface area contributed by atoms with Gasteiger partial charge in [0.2, 0.25) is 0 Å². The van der Waals surface area contributed by atoms with E-state index in [1.807, 2.05) is 25.1 Å². The molecule has 1 saturated heterocycles. The van der Waals surface area contributed by atoms with Crippen LogP contribution in [0.5, 0.6) is 5.75 Å². The van der Waals surface area contributed by atoms with Gasteiger partial charge >= 0.3 is 0 Å². The number of benzene rings is 2. The Balaban J connectivity index is 1.28. The van der Waals surface area contributed by atoms with Gasteiger partial charge < -0.3 is 23.8 Å². The third-order valence-corrected chi connectivity index (χ3v) is 14.2. The highest BCUT2D eigenvalue weighted by Gasteiger charge is 2.44. The zero-order valence-electron chi connectivity index (χ0n) is 29.1. The second-order valence-electron chi connectivity index (χ2n) is 14.8. The fourth-order valence-corrected chi connectivity index (χ4v) is 10.3. The number of amides is 2. The number of aryl methyl sites for hydroxylation is 1. The van der Waals surface area contributed by atoms with Crippen LogP contribution in [0.3, 0.4) is 0 Å². The molecule has 1 N–H and O–H groups in total. The van der Waals surface area contributed by atoms with Gasteiger partial charge in [-0.15, -0.1) is 4.36 Å². The summed E-state index contributed by atoms with van der Waals surface area (Å²) in [5.41, 5.74) is 3.39. The lowest BCUT2D eigenvalue weighted by molar-refractivity contribution is -0.147. The average Bonchev–Trinajstić information content (AvgIpc) is 3.21. The van der Waals surface area contributed by atoms with Crippen molar-refractivity contribution in [3.8, 4) is 5.75 Å². The Hall–Kier alpha value is -2.96. The van der Waals surface area contributed by atoms with E-state index in [4.69, 9.17) is 30.5 Å². The Morgan fingerprint density at radius 3 is 2.76 bits per heavy atom. The molecule has 2 amide bonds. The molecule has 7 atom stereocenters. The number of anilines is 1. The largest absolute Gasteiger partial charge is 0.490 e. The van der Waals surface area contributed by atoms with Crippen LogP contribution in [0, 0.1) is 17.8 Å². The predicted molar refractivity (Wildman–Crippen MR) is 193 cm³/mol. The number of nitrogens with zero attached hydrogens (tertiary/aromatic N) is 2. The Labute approximate surface area is 300 Å². The molecule has 7 rings (SSSR count). The lowest BCUT2D eigenvalue weighted by Crippen LogP contribution is -2.49. The second-order valence-corrected chi connectivity index (χ2v) is 17.5. The summed E-state index contributed by atoms with van der Waals surface area (Å²) in [4.78, 5) is 29.4. The van der Waals surface area contributed by atoms with Crippen LogP contribution < -0.4 is 14.4 Å². The van der Waals surface area contributed by atoms with Gasteiger partial charge in [0.05, 0.1) is 36.9 Å². The Morgan fingerprint density at radius 2 is 2.02 bits per heavy atom. The summed E-state index contributed by atoms with van der Waals surface area (Å²) in [6.45, 7) is 6.27. The quantitative estimate of drug-likeness (QED) is 0.380. The number of fused-ring (bicyclic) bond motifs is 4. The van der Waals surface area contributed by atoms with Crippen molar-refractivity contribution in [3.05, 3.63) is 70.3 Å². The fourth-order valence-electron chi connectivity index (χ4n) is 8.19. The highest BCUT2D eigenvalue weighted by Crippen LogP contribution is 2.47. The van der Waals surface area contributed by atoms with Crippen LogP contribution in [0.25, 0.3) is 0 Å². The monoisotopic (exact) mass is 725 g/mol. The lowest BCUT2D eigenvalue weighted by Gasteiger charge is -2.46. The Bertz CT molecular complexity index is 1770. The molecule has 3 aliphatic heterocycles. The number of carbonyl (C=O) groups excluding carboxylic acids is 2. The number of halogens is 1. The molecule has 12 heteroatoms. The number of hydrogen-bond acceptors (Lipinski definition) is 8. The molecule has 5 aliphatic rings. The van der Waals surface area contributed by atoms with Gasteiger partial charge in [-0.2, -0.15) is 0 Å². The second kappa shape index (κ2) is 14.6. The number of methoxy groups -OCH3 is 1. The molecular weight excluding hydrogens is 678 g/mol. The standard InChI is InChI=1S/C38H48ClN3O7S/c1-24-6-4-8-34(46-3)31-12-9-28(31)18-42-22-38(15-5-7-26-16-29(39)11-13-32(26)38)23-49-35-14-10-27(17-33(35)42)37(44)41-50(45,25(24)2)40-36(43)21-48-30-19-47-20-30/h4,8,10-11,13-14,16-17,24-25,28,30-31,34H,5-7,9,12,15,18-23H2,1-3H3,(H,40,41,43,44,45)/b8-4-/t24-,25+,28-,31+,34-,38-,50?/m0/s1. The smallest absolute Gasteiger partial charge is 0.286 e. The first kappa shape index (κ1) is 35.4. The first-order valence-corrected chi connectivity index (χ1v) is 19.8. The third-order valence-electron chi connectivity index (χ3n) is 11.6. The molecule has 0 aromatic heterocycles. The van der Waals surface area contributed by atoms with Crippen LogP contribution in [0.1, 0.15) is 67.4 Å². The summed E-state index contributed by atoms with van der Waals surface area (Å²) in [7, 11) is -1.80. The van der Waals surface area contributed by atoms with Crippen molar-refractivity contribution in [2.45, 2.75) is 75.2 Å². The molecule has 2 bridgehead atoms. The van der Waals surface area contributed by atoms with Crippen molar-refractivity contribution in [2.24, 2.45) is 22.1 Å². The van der Waals surface area contributed by atoms with Gasteiger partial charge in [0, 0.05) is 36.2 Å².